The number of esters is 1. The quantitative estimate of drug-likeness (QED) is 0.227. The van der Waals surface area contributed by atoms with Crippen LogP contribution in [0.5, 0.6) is 11.5 Å². The largest absolute Gasteiger partial charge is 0.490 e. The van der Waals surface area contributed by atoms with Gasteiger partial charge in [-0.1, -0.05) is 18.2 Å². The molecule has 180 valence electrons. The van der Waals surface area contributed by atoms with Crippen LogP contribution in [0.2, 0.25) is 0 Å². The van der Waals surface area contributed by atoms with Crippen molar-refractivity contribution in [1.29, 1.82) is 0 Å². The molecule has 4 unspecified atom stereocenters. The normalized spacial score (nSPS) is 24.9. The second kappa shape index (κ2) is 9.83. The van der Waals surface area contributed by atoms with Gasteiger partial charge in [-0.05, 0) is 63.1 Å². The summed E-state index contributed by atoms with van der Waals surface area (Å²) in [7, 11) is 0. The number of imide groups is 1. The second-order valence-electron chi connectivity index (χ2n) is 8.99. The molecule has 1 heterocycles. The Morgan fingerprint density at radius 3 is 2.44 bits per heavy atom. The van der Waals surface area contributed by atoms with Gasteiger partial charge in [0.1, 0.15) is 0 Å². The zero-order valence-electron chi connectivity index (χ0n) is 19.7. The summed E-state index contributed by atoms with van der Waals surface area (Å²) in [6, 6.07) is 3.52. The standard InChI is InChI=1S/C26H30N2O6/c1-5-7-19-10-16(11-20(32-6-2)24(19)33-14-21(29)34-15(3)4)13-27-28-25(30)22-17-8-9-18(12-17)23(22)26(28)31/h5,8-11,13,15,17-18,22-23H,1,6-7,12,14H2,2-4H3. The number of hydrogen-bond donors (Lipinski definition) is 0. The van der Waals surface area contributed by atoms with Gasteiger partial charge in [0.2, 0.25) is 0 Å². The monoisotopic (exact) mass is 466 g/mol. The molecule has 8 nitrogen and oxygen atoms in total. The van der Waals surface area contributed by atoms with E-state index in [1.807, 2.05) is 13.0 Å². The number of ether oxygens (including phenoxy) is 3. The van der Waals surface area contributed by atoms with Gasteiger partial charge in [-0.2, -0.15) is 10.1 Å². The SMILES string of the molecule is C=CCc1cc(C=NN2C(=O)C3C4C=CC(C4)C3C2=O)cc(OCC)c1OCC(=O)OC(C)C. The van der Waals surface area contributed by atoms with Crippen LogP contribution in [0.25, 0.3) is 0 Å². The van der Waals surface area contributed by atoms with Gasteiger partial charge in [0.15, 0.2) is 18.1 Å². The maximum Gasteiger partial charge on any atom is 0.344 e. The minimum Gasteiger partial charge on any atom is -0.490 e. The molecule has 0 N–H and O–H groups in total. The average Bonchev–Trinajstić information content (AvgIpc) is 3.46. The fourth-order valence-corrected chi connectivity index (χ4v) is 5.04. The molecule has 1 saturated heterocycles. The Morgan fingerprint density at radius 1 is 1.18 bits per heavy atom. The van der Waals surface area contributed by atoms with E-state index in [9.17, 15) is 14.4 Å². The van der Waals surface area contributed by atoms with Crippen LogP contribution in [-0.4, -0.2) is 48.3 Å². The number of amides is 2. The number of carbonyl (C=O) groups excluding carboxylic acids is 3. The summed E-state index contributed by atoms with van der Waals surface area (Å²) < 4.78 is 16.7. The molecule has 2 bridgehead atoms. The molecule has 2 fully saturated rings. The number of rotatable bonds is 10. The molecule has 3 aliphatic rings. The van der Waals surface area contributed by atoms with Crippen molar-refractivity contribution in [2.75, 3.05) is 13.2 Å². The average molecular weight is 467 g/mol. The van der Waals surface area contributed by atoms with E-state index in [0.717, 1.165) is 17.0 Å². The molecule has 0 spiro atoms. The number of fused-ring (bicyclic) bond motifs is 5. The Bertz CT molecular complexity index is 1030. The van der Waals surface area contributed by atoms with Crippen LogP contribution in [0, 0.1) is 23.7 Å². The van der Waals surface area contributed by atoms with Crippen molar-refractivity contribution in [2.24, 2.45) is 28.8 Å². The maximum atomic E-state index is 12.9. The summed E-state index contributed by atoms with van der Waals surface area (Å²) >= 11 is 0. The van der Waals surface area contributed by atoms with E-state index < -0.39 is 5.97 Å². The molecule has 1 aliphatic heterocycles. The first-order chi connectivity index (χ1) is 16.3. The number of benzene rings is 1. The van der Waals surface area contributed by atoms with Crippen molar-refractivity contribution in [1.82, 2.24) is 5.01 Å². The third kappa shape index (κ3) is 4.49. The summed E-state index contributed by atoms with van der Waals surface area (Å²) in [6.45, 7) is 9.29. The Kier molecular flexibility index (Phi) is 6.86. The van der Waals surface area contributed by atoms with E-state index in [2.05, 4.69) is 23.8 Å². The van der Waals surface area contributed by atoms with Crippen LogP contribution in [0.3, 0.4) is 0 Å². The lowest BCUT2D eigenvalue weighted by atomic mass is 9.85. The highest BCUT2D eigenvalue weighted by atomic mass is 16.6. The van der Waals surface area contributed by atoms with Gasteiger partial charge in [0.25, 0.3) is 11.8 Å². The summed E-state index contributed by atoms with van der Waals surface area (Å²) in [6.07, 6.45) is 8.39. The van der Waals surface area contributed by atoms with Gasteiger partial charge in [-0.3, -0.25) is 9.59 Å². The number of allylic oxidation sites excluding steroid dienone is 3. The molecule has 0 radical (unpaired) electrons. The van der Waals surface area contributed by atoms with Gasteiger partial charge < -0.3 is 14.2 Å². The molecule has 4 rings (SSSR count). The number of carbonyl (C=O) groups is 3. The predicted molar refractivity (Wildman–Crippen MR) is 125 cm³/mol. The Balaban J connectivity index is 1.56. The van der Waals surface area contributed by atoms with Crippen molar-refractivity contribution in [3.8, 4) is 11.5 Å². The van der Waals surface area contributed by atoms with E-state index in [1.165, 1.54) is 6.21 Å². The first-order valence-electron chi connectivity index (χ1n) is 11.7. The van der Waals surface area contributed by atoms with Gasteiger partial charge >= 0.3 is 5.97 Å². The van der Waals surface area contributed by atoms with E-state index in [1.54, 1.807) is 26.0 Å². The Hall–Kier alpha value is -3.42. The van der Waals surface area contributed by atoms with E-state index in [4.69, 9.17) is 14.2 Å². The van der Waals surface area contributed by atoms with Gasteiger partial charge in [-0.15, -0.1) is 6.58 Å². The number of hydrogen-bond acceptors (Lipinski definition) is 7. The zero-order valence-corrected chi connectivity index (χ0v) is 19.7. The van der Waals surface area contributed by atoms with Gasteiger partial charge in [-0.25, -0.2) is 4.79 Å². The fraction of sp³-hybridized carbons (Fsp3) is 0.462. The molecule has 1 aromatic rings. The first-order valence-corrected chi connectivity index (χ1v) is 11.7. The molecular formula is C26H30N2O6. The predicted octanol–water partition coefficient (Wildman–Crippen LogP) is 3.29. The Labute approximate surface area is 199 Å². The topological polar surface area (TPSA) is 94.5 Å². The molecule has 0 aromatic heterocycles. The van der Waals surface area contributed by atoms with Gasteiger partial charge in [0.05, 0.1) is 30.8 Å². The lowest BCUT2D eigenvalue weighted by Crippen LogP contribution is -2.28. The van der Waals surface area contributed by atoms with E-state index in [-0.39, 0.29) is 48.2 Å². The van der Waals surface area contributed by atoms with E-state index in [0.29, 0.717) is 30.1 Å². The van der Waals surface area contributed by atoms with E-state index >= 15 is 0 Å². The third-order valence-corrected chi connectivity index (χ3v) is 6.29. The molecular weight excluding hydrogens is 436 g/mol. The van der Waals surface area contributed by atoms with Crippen molar-refractivity contribution in [3.05, 3.63) is 48.1 Å². The molecule has 2 aliphatic carbocycles. The van der Waals surface area contributed by atoms with Crippen LogP contribution in [-0.2, 0) is 25.5 Å². The van der Waals surface area contributed by atoms with Crippen LogP contribution >= 0.6 is 0 Å². The summed E-state index contributed by atoms with van der Waals surface area (Å²) in [5.74, 6) is -0.418. The highest BCUT2D eigenvalue weighted by Crippen LogP contribution is 2.52. The molecule has 2 amide bonds. The Morgan fingerprint density at radius 2 is 1.85 bits per heavy atom. The van der Waals surface area contributed by atoms with Crippen LogP contribution < -0.4 is 9.47 Å². The summed E-state index contributed by atoms with van der Waals surface area (Å²) in [5.41, 5.74) is 1.37. The third-order valence-electron chi connectivity index (χ3n) is 6.29. The summed E-state index contributed by atoms with van der Waals surface area (Å²) in [5, 5.41) is 5.27. The second-order valence-corrected chi connectivity index (χ2v) is 8.99. The molecule has 1 aromatic carbocycles. The van der Waals surface area contributed by atoms with Gasteiger partial charge in [0, 0.05) is 5.56 Å². The van der Waals surface area contributed by atoms with Crippen LogP contribution in [0.4, 0.5) is 0 Å². The number of nitrogens with zero attached hydrogens (tertiary/aromatic N) is 2. The van der Waals surface area contributed by atoms with Crippen LogP contribution in [0.1, 0.15) is 38.3 Å². The fourth-order valence-electron chi connectivity index (χ4n) is 5.04. The highest BCUT2D eigenvalue weighted by Gasteiger charge is 2.59. The first kappa shape index (κ1) is 23.7. The lowest BCUT2D eigenvalue weighted by Gasteiger charge is -2.17. The lowest BCUT2D eigenvalue weighted by molar-refractivity contribution is -0.149. The van der Waals surface area contributed by atoms with Crippen LogP contribution in [0.15, 0.2) is 42.0 Å². The van der Waals surface area contributed by atoms with Crippen molar-refractivity contribution >= 4 is 24.0 Å². The maximum absolute atomic E-state index is 12.9. The molecule has 8 heteroatoms. The molecule has 4 atom stereocenters. The summed E-state index contributed by atoms with van der Waals surface area (Å²) in [4.78, 5) is 37.7. The van der Waals surface area contributed by atoms with Crippen molar-refractivity contribution in [3.63, 3.8) is 0 Å². The van der Waals surface area contributed by atoms with Crippen molar-refractivity contribution in [2.45, 2.75) is 39.7 Å². The minimum atomic E-state index is -0.479. The smallest absolute Gasteiger partial charge is 0.344 e. The number of hydrazone groups is 1. The minimum absolute atomic E-state index is 0.134. The zero-order chi connectivity index (χ0) is 24.4. The molecule has 34 heavy (non-hydrogen) atoms. The van der Waals surface area contributed by atoms with Crippen molar-refractivity contribution < 1.29 is 28.6 Å². The highest BCUT2D eigenvalue weighted by molar-refractivity contribution is 6.06. The molecule has 1 saturated carbocycles.